The number of hydrogen-bond donors (Lipinski definition) is 0. The highest BCUT2D eigenvalue weighted by Gasteiger charge is 2.17. The van der Waals surface area contributed by atoms with Gasteiger partial charge < -0.3 is 7.97 Å². The smallest absolute Gasteiger partial charge is 0.110 e. The number of nitrogens with zero attached hydrogens (tertiary/aromatic N) is 1. The molecule has 0 fully saturated rings. The Bertz CT molecular complexity index is 375. The average molecular weight is 329 g/mol. The highest BCUT2D eigenvalue weighted by atomic mass is 127. The van der Waals surface area contributed by atoms with Crippen LogP contribution in [-0.4, -0.2) is 31.6 Å². The lowest BCUT2D eigenvalue weighted by molar-refractivity contribution is 0.352. The lowest BCUT2D eigenvalue weighted by Gasteiger charge is -2.27. The molecule has 0 spiro atoms. The first-order valence-corrected chi connectivity index (χ1v) is 6.37. The van der Waals surface area contributed by atoms with Crippen LogP contribution in [0.25, 0.3) is 5.57 Å². The molecule has 0 N–H and O–H groups in total. The van der Waals surface area contributed by atoms with Crippen LogP contribution in [0.15, 0.2) is 35.9 Å². The van der Waals surface area contributed by atoms with Gasteiger partial charge in [0.15, 0.2) is 0 Å². The molecule has 0 aliphatic carbocycles. The Labute approximate surface area is 111 Å². The van der Waals surface area contributed by atoms with Crippen molar-refractivity contribution in [1.82, 2.24) is 4.90 Å². The first-order chi connectivity index (χ1) is 7.81. The van der Waals surface area contributed by atoms with Crippen molar-refractivity contribution < 1.29 is 3.07 Å². The summed E-state index contributed by atoms with van der Waals surface area (Å²) < 4.78 is 5.26. The van der Waals surface area contributed by atoms with E-state index >= 15 is 0 Å². The number of benzene rings is 1. The van der Waals surface area contributed by atoms with Gasteiger partial charge in [-0.05, 0) is 30.2 Å². The second kappa shape index (κ2) is 5.80. The minimum absolute atomic E-state index is 0.749. The van der Waals surface area contributed by atoms with E-state index in [0.717, 1.165) is 26.1 Å². The van der Waals surface area contributed by atoms with Crippen molar-refractivity contribution in [3.63, 3.8) is 0 Å². The van der Waals surface area contributed by atoms with Gasteiger partial charge in [-0.1, -0.05) is 30.3 Å². The van der Waals surface area contributed by atoms with Crippen LogP contribution >= 0.6 is 23.0 Å². The quantitative estimate of drug-likeness (QED) is 0.790. The molecule has 0 atom stereocenters. The molecule has 0 radical (unpaired) electrons. The summed E-state index contributed by atoms with van der Waals surface area (Å²) in [6.45, 7) is 2.91. The van der Waals surface area contributed by atoms with Gasteiger partial charge in [0, 0.05) is 13.1 Å². The summed E-state index contributed by atoms with van der Waals surface area (Å²) in [6.07, 6.45) is 1.11. The number of halogens is 1. The summed E-state index contributed by atoms with van der Waals surface area (Å²) in [4.78, 5) is 2.36. The minimum Gasteiger partial charge on any atom is -0.311 e. The van der Waals surface area contributed by atoms with Crippen LogP contribution in [0.1, 0.15) is 12.0 Å². The molecule has 2 nitrogen and oxygen atoms in total. The van der Waals surface area contributed by atoms with E-state index in [2.05, 4.69) is 42.3 Å². The van der Waals surface area contributed by atoms with E-state index in [0.29, 0.717) is 0 Å². The zero-order chi connectivity index (χ0) is 11.4. The molecule has 0 saturated heterocycles. The average Bonchev–Trinajstić information content (AvgIpc) is 2.33. The van der Waals surface area contributed by atoms with Crippen LogP contribution in [0.2, 0.25) is 0 Å². The summed E-state index contributed by atoms with van der Waals surface area (Å²) in [5.41, 5.74) is 4.21. The third-order valence-electron chi connectivity index (χ3n) is 3.00. The van der Waals surface area contributed by atoms with Crippen molar-refractivity contribution in [3.8, 4) is 0 Å². The molecule has 1 aromatic rings. The van der Waals surface area contributed by atoms with Gasteiger partial charge in [0.25, 0.3) is 0 Å². The van der Waals surface area contributed by atoms with Crippen molar-refractivity contribution in [2.75, 3.05) is 26.7 Å². The van der Waals surface area contributed by atoms with Crippen LogP contribution in [0.3, 0.4) is 0 Å². The Balaban J connectivity index is 2.32. The van der Waals surface area contributed by atoms with Gasteiger partial charge in [0.05, 0.1) is 6.61 Å². The highest BCUT2D eigenvalue weighted by Crippen LogP contribution is 2.26. The lowest BCUT2D eigenvalue weighted by Crippen LogP contribution is -2.28. The Hall–Kier alpha value is -0.390. The summed E-state index contributed by atoms with van der Waals surface area (Å²) >= 11 is 1.98. The van der Waals surface area contributed by atoms with Crippen molar-refractivity contribution in [2.45, 2.75) is 6.42 Å². The van der Waals surface area contributed by atoms with Gasteiger partial charge in [-0.3, -0.25) is 0 Å². The third-order valence-corrected chi connectivity index (χ3v) is 3.31. The van der Waals surface area contributed by atoms with Gasteiger partial charge in [0.1, 0.15) is 23.0 Å². The van der Waals surface area contributed by atoms with E-state index in [-0.39, 0.29) is 0 Å². The van der Waals surface area contributed by atoms with E-state index in [1.165, 1.54) is 16.7 Å². The van der Waals surface area contributed by atoms with Gasteiger partial charge in [0.2, 0.25) is 0 Å². The molecule has 86 valence electrons. The normalized spacial score (nSPS) is 17.9. The van der Waals surface area contributed by atoms with Crippen molar-refractivity contribution in [3.05, 3.63) is 41.5 Å². The van der Waals surface area contributed by atoms with E-state index in [4.69, 9.17) is 3.07 Å². The Morgan fingerprint density at radius 2 is 2.06 bits per heavy atom. The Kier molecular flexibility index (Phi) is 4.37. The topological polar surface area (TPSA) is 12.5 Å². The lowest BCUT2D eigenvalue weighted by atomic mass is 9.95. The van der Waals surface area contributed by atoms with Gasteiger partial charge in [-0.25, -0.2) is 0 Å². The molecule has 0 saturated carbocycles. The molecule has 0 aromatic heterocycles. The number of rotatable bonds is 3. The molecular formula is C13H16INO. The van der Waals surface area contributed by atoms with Gasteiger partial charge in [-0.2, -0.15) is 0 Å². The van der Waals surface area contributed by atoms with E-state index in [1.807, 2.05) is 23.0 Å². The second-order valence-electron chi connectivity index (χ2n) is 4.19. The van der Waals surface area contributed by atoms with E-state index in [1.54, 1.807) is 0 Å². The molecule has 3 heteroatoms. The zero-order valence-corrected chi connectivity index (χ0v) is 11.6. The maximum Gasteiger partial charge on any atom is 0.110 e. The van der Waals surface area contributed by atoms with Crippen LogP contribution in [0, 0.1) is 0 Å². The molecule has 0 unspecified atom stereocenters. The SMILES string of the molecule is CN1CCC(COI)=C(c2ccccc2)C1. The van der Waals surface area contributed by atoms with E-state index in [9.17, 15) is 0 Å². The van der Waals surface area contributed by atoms with Gasteiger partial charge in [-0.15, -0.1) is 0 Å². The highest BCUT2D eigenvalue weighted by molar-refractivity contribution is 14.1. The second-order valence-corrected chi connectivity index (χ2v) is 4.81. The Morgan fingerprint density at radius 3 is 2.75 bits per heavy atom. The molecule has 0 bridgehead atoms. The zero-order valence-electron chi connectivity index (χ0n) is 9.45. The molecule has 1 aliphatic heterocycles. The predicted molar refractivity (Wildman–Crippen MR) is 75.4 cm³/mol. The van der Waals surface area contributed by atoms with Gasteiger partial charge >= 0.3 is 0 Å². The molecule has 1 aliphatic rings. The number of hydrogen-bond acceptors (Lipinski definition) is 2. The third kappa shape index (κ3) is 2.84. The maximum atomic E-state index is 5.26. The fourth-order valence-electron chi connectivity index (χ4n) is 2.10. The molecule has 0 amide bonds. The number of likely N-dealkylation sites (N-methyl/N-ethyl adjacent to an activating group) is 1. The van der Waals surface area contributed by atoms with Crippen LogP contribution in [-0.2, 0) is 3.07 Å². The molecule has 1 aromatic carbocycles. The van der Waals surface area contributed by atoms with Crippen molar-refractivity contribution >= 4 is 28.6 Å². The fraction of sp³-hybridized carbons (Fsp3) is 0.385. The molecule has 16 heavy (non-hydrogen) atoms. The monoisotopic (exact) mass is 329 g/mol. The predicted octanol–water partition coefficient (Wildman–Crippen LogP) is 3.14. The van der Waals surface area contributed by atoms with Crippen molar-refractivity contribution in [2.24, 2.45) is 0 Å². The largest absolute Gasteiger partial charge is 0.311 e. The van der Waals surface area contributed by atoms with E-state index < -0.39 is 0 Å². The maximum absolute atomic E-state index is 5.26. The van der Waals surface area contributed by atoms with Crippen LogP contribution in [0.4, 0.5) is 0 Å². The summed E-state index contributed by atoms with van der Waals surface area (Å²) in [6, 6.07) is 10.6. The molecule has 2 rings (SSSR count). The van der Waals surface area contributed by atoms with Crippen molar-refractivity contribution in [1.29, 1.82) is 0 Å². The fourth-order valence-corrected chi connectivity index (χ4v) is 2.47. The summed E-state index contributed by atoms with van der Waals surface area (Å²) in [5.74, 6) is 0. The first-order valence-electron chi connectivity index (χ1n) is 5.49. The van der Waals surface area contributed by atoms with Crippen LogP contribution < -0.4 is 0 Å². The minimum atomic E-state index is 0.749. The Morgan fingerprint density at radius 1 is 1.31 bits per heavy atom. The molecular weight excluding hydrogens is 313 g/mol. The summed E-state index contributed by atoms with van der Waals surface area (Å²) in [7, 11) is 2.17. The van der Waals surface area contributed by atoms with Crippen LogP contribution in [0.5, 0.6) is 0 Å². The standard InChI is InChI=1S/C13H16INO/c1-15-8-7-12(10-16-14)13(9-15)11-5-3-2-4-6-11/h2-6H,7-10H2,1H3. The first kappa shape index (κ1) is 12.1. The molecule has 1 heterocycles. The summed E-state index contributed by atoms with van der Waals surface area (Å²) in [5, 5.41) is 0.